The van der Waals surface area contributed by atoms with Crippen LogP contribution in [-0.2, 0) is 15.4 Å². The monoisotopic (exact) mass is 497 g/mol. The van der Waals surface area contributed by atoms with Crippen LogP contribution in [0.5, 0.6) is 0 Å². The van der Waals surface area contributed by atoms with Crippen LogP contribution in [-0.4, -0.2) is 26.8 Å². The molecule has 2 amide bonds. The van der Waals surface area contributed by atoms with Gasteiger partial charge in [0.05, 0.1) is 21.8 Å². The summed E-state index contributed by atoms with van der Waals surface area (Å²) in [5, 5.41) is 5.31. The number of carbonyl (C=O) groups is 2. The molecule has 7 nitrogen and oxygen atoms in total. The fourth-order valence-corrected chi connectivity index (χ4v) is 4.39. The smallest absolute Gasteiger partial charge is 0.258 e. The quantitative estimate of drug-likeness (QED) is 0.431. The number of halogens is 1. The average Bonchev–Trinajstić information content (AvgIpc) is 2.80. The Hall–Kier alpha value is -3.56. The Balaban J connectivity index is 1.82. The van der Waals surface area contributed by atoms with E-state index in [0.717, 1.165) is 23.8 Å². The summed E-state index contributed by atoms with van der Waals surface area (Å²) in [4.78, 5) is 25.4. The van der Waals surface area contributed by atoms with Gasteiger partial charge in [0.2, 0.25) is 10.0 Å². The zero-order chi connectivity index (χ0) is 25.8. The number of carbonyl (C=O) groups excluding carboxylic acids is 2. The van der Waals surface area contributed by atoms with Gasteiger partial charge in [-0.15, -0.1) is 0 Å². The highest BCUT2D eigenvalue weighted by Gasteiger charge is 2.20. The van der Waals surface area contributed by atoms with Gasteiger partial charge < -0.3 is 10.6 Å². The third kappa shape index (κ3) is 6.32. The van der Waals surface area contributed by atoms with E-state index in [1.165, 1.54) is 0 Å². The van der Waals surface area contributed by atoms with Crippen LogP contribution in [0.2, 0.25) is 0 Å². The normalized spacial score (nSPS) is 11.7. The van der Waals surface area contributed by atoms with E-state index in [-0.39, 0.29) is 28.4 Å². The molecule has 0 bridgehead atoms. The van der Waals surface area contributed by atoms with Crippen molar-refractivity contribution in [3.05, 3.63) is 89.2 Å². The summed E-state index contributed by atoms with van der Waals surface area (Å²) >= 11 is 0. The van der Waals surface area contributed by atoms with Gasteiger partial charge in [0.1, 0.15) is 5.82 Å². The van der Waals surface area contributed by atoms with Crippen LogP contribution in [0.3, 0.4) is 0 Å². The van der Waals surface area contributed by atoms with Crippen molar-refractivity contribution >= 4 is 33.2 Å². The molecular formula is C26H28FN3O4S. The lowest BCUT2D eigenvalue weighted by atomic mass is 9.87. The van der Waals surface area contributed by atoms with Crippen LogP contribution >= 0.6 is 0 Å². The minimum Gasteiger partial charge on any atom is -0.320 e. The van der Waals surface area contributed by atoms with Crippen molar-refractivity contribution in [2.24, 2.45) is 0 Å². The maximum atomic E-state index is 14.4. The molecule has 3 rings (SSSR count). The van der Waals surface area contributed by atoms with Crippen molar-refractivity contribution in [3.8, 4) is 0 Å². The first-order valence-electron chi connectivity index (χ1n) is 11.0. The molecule has 184 valence electrons. The van der Waals surface area contributed by atoms with E-state index >= 15 is 0 Å². The highest BCUT2D eigenvalue weighted by molar-refractivity contribution is 7.89. The Morgan fingerprint density at radius 2 is 1.43 bits per heavy atom. The Morgan fingerprint density at radius 1 is 0.857 bits per heavy atom. The van der Waals surface area contributed by atoms with Crippen molar-refractivity contribution < 1.29 is 22.4 Å². The van der Waals surface area contributed by atoms with E-state index in [9.17, 15) is 22.4 Å². The first-order valence-corrected chi connectivity index (χ1v) is 12.5. The number of nitrogens with one attached hydrogen (secondary N) is 3. The predicted molar refractivity (Wildman–Crippen MR) is 135 cm³/mol. The van der Waals surface area contributed by atoms with Gasteiger partial charge in [-0.1, -0.05) is 52.0 Å². The predicted octanol–water partition coefficient (Wildman–Crippen LogP) is 4.93. The van der Waals surface area contributed by atoms with Crippen molar-refractivity contribution in [1.29, 1.82) is 0 Å². The van der Waals surface area contributed by atoms with Gasteiger partial charge in [0, 0.05) is 12.1 Å². The lowest BCUT2D eigenvalue weighted by Crippen LogP contribution is -2.24. The topological polar surface area (TPSA) is 104 Å². The molecule has 0 aromatic heterocycles. The molecule has 0 aliphatic heterocycles. The zero-order valence-corrected chi connectivity index (χ0v) is 20.8. The summed E-state index contributed by atoms with van der Waals surface area (Å²) < 4.78 is 41.2. The van der Waals surface area contributed by atoms with Gasteiger partial charge in [-0.2, -0.15) is 0 Å². The molecule has 0 heterocycles. The summed E-state index contributed by atoms with van der Waals surface area (Å²) in [6, 6.07) is 16.7. The van der Waals surface area contributed by atoms with Crippen molar-refractivity contribution in [2.75, 3.05) is 17.2 Å². The van der Waals surface area contributed by atoms with Crippen LogP contribution in [0.15, 0.2) is 71.6 Å². The SMILES string of the molecule is CCNS(=O)(=O)c1ccc(F)c(C(=O)Nc2ccccc2NC(=O)c2ccc(C(C)(C)C)cc2)c1. The Kier molecular flexibility index (Phi) is 7.72. The van der Waals surface area contributed by atoms with Gasteiger partial charge in [-0.05, 0) is 53.4 Å². The fourth-order valence-electron chi connectivity index (χ4n) is 3.33. The number of amides is 2. The van der Waals surface area contributed by atoms with Crippen LogP contribution < -0.4 is 15.4 Å². The van der Waals surface area contributed by atoms with Gasteiger partial charge >= 0.3 is 0 Å². The number of para-hydroxylation sites is 2. The number of anilines is 2. The molecule has 35 heavy (non-hydrogen) atoms. The van der Waals surface area contributed by atoms with Gasteiger partial charge in [-0.3, -0.25) is 9.59 Å². The molecule has 3 aromatic rings. The third-order valence-corrected chi connectivity index (χ3v) is 6.81. The summed E-state index contributed by atoms with van der Waals surface area (Å²) in [7, 11) is -3.88. The summed E-state index contributed by atoms with van der Waals surface area (Å²) in [6.07, 6.45) is 0. The van der Waals surface area contributed by atoms with E-state index in [2.05, 4.69) is 36.1 Å². The molecule has 0 fully saturated rings. The summed E-state index contributed by atoms with van der Waals surface area (Å²) in [5.41, 5.74) is 1.57. The largest absolute Gasteiger partial charge is 0.320 e. The molecule has 9 heteroatoms. The number of benzene rings is 3. The molecule has 3 aromatic carbocycles. The molecule has 0 aliphatic carbocycles. The number of sulfonamides is 1. The van der Waals surface area contributed by atoms with Gasteiger partial charge in [0.25, 0.3) is 11.8 Å². The lowest BCUT2D eigenvalue weighted by Gasteiger charge is -2.19. The second-order valence-corrected chi connectivity index (χ2v) is 10.7. The highest BCUT2D eigenvalue weighted by atomic mass is 32.2. The molecule has 0 aliphatic rings. The molecular weight excluding hydrogens is 469 g/mol. The summed E-state index contributed by atoms with van der Waals surface area (Å²) in [6.45, 7) is 7.99. The van der Waals surface area contributed by atoms with Gasteiger partial charge in [-0.25, -0.2) is 17.5 Å². The maximum absolute atomic E-state index is 14.4. The van der Waals surface area contributed by atoms with Crippen LogP contribution in [0, 0.1) is 5.82 Å². The van der Waals surface area contributed by atoms with E-state index in [4.69, 9.17) is 0 Å². The minimum absolute atomic E-state index is 0.0512. The van der Waals surface area contributed by atoms with Crippen LogP contribution in [0.25, 0.3) is 0 Å². The lowest BCUT2D eigenvalue weighted by molar-refractivity contribution is 0.101. The zero-order valence-electron chi connectivity index (χ0n) is 20.0. The Labute approximate surface area is 204 Å². The molecule has 0 unspecified atom stereocenters. The highest BCUT2D eigenvalue weighted by Crippen LogP contribution is 2.25. The van der Waals surface area contributed by atoms with Crippen LogP contribution in [0.4, 0.5) is 15.8 Å². The standard InChI is InChI=1S/C26H28FN3O4S/c1-5-28-35(33,34)19-14-15-21(27)20(16-19)25(32)30-23-9-7-6-8-22(23)29-24(31)17-10-12-18(13-11-17)26(2,3)4/h6-16,28H,5H2,1-4H3,(H,29,31)(H,30,32). The summed E-state index contributed by atoms with van der Waals surface area (Å²) in [5.74, 6) is -2.11. The average molecular weight is 498 g/mol. The number of rotatable bonds is 7. The van der Waals surface area contributed by atoms with E-state index in [1.54, 1.807) is 43.3 Å². The second-order valence-electron chi connectivity index (χ2n) is 8.92. The van der Waals surface area contributed by atoms with Gasteiger partial charge in [0.15, 0.2) is 0 Å². The van der Waals surface area contributed by atoms with Crippen molar-refractivity contribution in [1.82, 2.24) is 4.72 Å². The first-order chi connectivity index (χ1) is 16.4. The number of hydrogen-bond acceptors (Lipinski definition) is 4. The molecule has 0 radical (unpaired) electrons. The van der Waals surface area contributed by atoms with E-state index in [1.807, 2.05) is 12.1 Å². The molecule has 0 spiro atoms. The van der Waals surface area contributed by atoms with E-state index < -0.39 is 27.3 Å². The first kappa shape index (κ1) is 26.1. The fraction of sp³-hybridized carbons (Fsp3) is 0.231. The molecule has 3 N–H and O–H groups in total. The Bertz CT molecular complexity index is 1350. The molecule has 0 atom stereocenters. The van der Waals surface area contributed by atoms with Crippen molar-refractivity contribution in [2.45, 2.75) is 38.0 Å². The van der Waals surface area contributed by atoms with Crippen LogP contribution in [0.1, 0.15) is 54.0 Å². The van der Waals surface area contributed by atoms with Crippen molar-refractivity contribution in [3.63, 3.8) is 0 Å². The minimum atomic E-state index is -3.88. The number of hydrogen-bond donors (Lipinski definition) is 3. The molecule has 0 saturated heterocycles. The maximum Gasteiger partial charge on any atom is 0.258 e. The second kappa shape index (κ2) is 10.4. The third-order valence-electron chi connectivity index (χ3n) is 5.26. The van der Waals surface area contributed by atoms with E-state index in [0.29, 0.717) is 11.3 Å². The Morgan fingerprint density at radius 3 is 1.97 bits per heavy atom. The molecule has 0 saturated carbocycles.